The molecule has 0 unspecified atom stereocenters. The first kappa shape index (κ1) is 18.2. The van der Waals surface area contributed by atoms with E-state index < -0.39 is 0 Å². The van der Waals surface area contributed by atoms with Crippen LogP contribution in [0.2, 0.25) is 0 Å². The molecule has 156 valence electrons. The van der Waals surface area contributed by atoms with Crippen LogP contribution < -0.4 is 0 Å². The van der Waals surface area contributed by atoms with Crippen LogP contribution in [0.25, 0.3) is 55.0 Å². The number of nitrogens with zero attached hydrogens (tertiary/aromatic N) is 4. The van der Waals surface area contributed by atoms with E-state index in [4.69, 9.17) is 0 Å². The van der Waals surface area contributed by atoms with E-state index in [2.05, 4.69) is 105 Å². The van der Waals surface area contributed by atoms with Crippen molar-refractivity contribution in [1.82, 2.24) is 19.1 Å². The second kappa shape index (κ2) is 6.78. The highest BCUT2D eigenvalue weighted by Crippen LogP contribution is 2.35. The van der Waals surface area contributed by atoms with E-state index in [9.17, 15) is 0 Å². The van der Waals surface area contributed by atoms with E-state index >= 15 is 0 Å². The Balaban J connectivity index is 1.58. The second-order valence-corrected chi connectivity index (χ2v) is 8.52. The van der Waals surface area contributed by atoms with Crippen LogP contribution in [0.4, 0.5) is 0 Å². The van der Waals surface area contributed by atoms with E-state index in [1.165, 1.54) is 38.1 Å². The molecule has 0 bridgehead atoms. The molecular weight excluding hydrogens is 404 g/mol. The Kier molecular flexibility index (Phi) is 3.73. The zero-order chi connectivity index (χ0) is 21.9. The number of benzene rings is 3. The highest BCUT2D eigenvalue weighted by molar-refractivity contribution is 6.10. The van der Waals surface area contributed by atoms with Crippen LogP contribution >= 0.6 is 0 Å². The molecule has 0 radical (unpaired) electrons. The highest BCUT2D eigenvalue weighted by atomic mass is 15.0. The lowest BCUT2D eigenvalue weighted by molar-refractivity contribution is 1.12. The lowest BCUT2D eigenvalue weighted by Gasteiger charge is -2.14. The Morgan fingerprint density at radius 1 is 0.515 bits per heavy atom. The molecule has 0 saturated heterocycles. The number of aromatic nitrogens is 4. The Morgan fingerprint density at radius 2 is 0.970 bits per heavy atom. The van der Waals surface area contributed by atoms with Gasteiger partial charge in [0.15, 0.2) is 0 Å². The molecule has 4 nitrogen and oxygen atoms in total. The zero-order valence-electron chi connectivity index (χ0n) is 18.1. The molecule has 0 aliphatic rings. The molecule has 4 heteroatoms. The largest absolute Gasteiger partial charge is 0.309 e. The van der Waals surface area contributed by atoms with Crippen molar-refractivity contribution in [3.63, 3.8) is 0 Å². The molecule has 0 amide bonds. The quantitative estimate of drug-likeness (QED) is 0.300. The summed E-state index contributed by atoms with van der Waals surface area (Å²) in [6, 6.07) is 28.1. The van der Waals surface area contributed by atoms with Crippen LogP contribution in [0.15, 0.2) is 104 Å². The van der Waals surface area contributed by atoms with Crippen LogP contribution in [0, 0.1) is 6.92 Å². The molecule has 7 aromatic rings. The summed E-state index contributed by atoms with van der Waals surface area (Å²) in [6.07, 6.45) is 7.67. The third-order valence-electron chi connectivity index (χ3n) is 6.51. The molecule has 3 aromatic carbocycles. The molecule has 7 rings (SSSR count). The third kappa shape index (κ3) is 2.58. The smallest absolute Gasteiger partial charge is 0.0571 e. The minimum Gasteiger partial charge on any atom is -0.309 e. The molecule has 0 fully saturated rings. The van der Waals surface area contributed by atoms with Gasteiger partial charge in [-0.05, 0) is 55.0 Å². The van der Waals surface area contributed by atoms with Gasteiger partial charge in [0.05, 0.1) is 22.1 Å². The van der Waals surface area contributed by atoms with Gasteiger partial charge >= 0.3 is 0 Å². The topological polar surface area (TPSA) is 35.6 Å². The minimum absolute atomic E-state index is 1.14. The third-order valence-corrected chi connectivity index (χ3v) is 6.51. The van der Waals surface area contributed by atoms with Crippen molar-refractivity contribution in [2.45, 2.75) is 6.92 Å². The SMILES string of the molecule is Cc1cc(-n2c3ccccc3c3cnccc32)cc(-n2c3ccccc3c3cnccc32)c1. The summed E-state index contributed by atoms with van der Waals surface area (Å²) in [4.78, 5) is 8.78. The molecule has 33 heavy (non-hydrogen) atoms. The number of hydrogen-bond acceptors (Lipinski definition) is 2. The summed E-state index contributed by atoms with van der Waals surface area (Å²) in [6.45, 7) is 2.16. The maximum atomic E-state index is 4.39. The van der Waals surface area contributed by atoms with Crippen molar-refractivity contribution >= 4 is 43.6 Å². The monoisotopic (exact) mass is 424 g/mol. The Labute approximate surface area is 190 Å². The van der Waals surface area contributed by atoms with Crippen molar-refractivity contribution in [2.24, 2.45) is 0 Å². The average molecular weight is 425 g/mol. The Hall–Kier alpha value is -4.44. The van der Waals surface area contributed by atoms with E-state index in [1.807, 2.05) is 24.8 Å². The molecule has 0 N–H and O–H groups in total. The summed E-state index contributed by atoms with van der Waals surface area (Å²) < 4.78 is 4.69. The second-order valence-electron chi connectivity index (χ2n) is 8.52. The Morgan fingerprint density at radius 3 is 1.48 bits per heavy atom. The van der Waals surface area contributed by atoms with Gasteiger partial charge in [-0.2, -0.15) is 0 Å². The van der Waals surface area contributed by atoms with Crippen molar-refractivity contribution in [3.05, 3.63) is 109 Å². The summed E-state index contributed by atoms with van der Waals surface area (Å²) in [5.41, 5.74) is 8.18. The van der Waals surface area contributed by atoms with Crippen molar-refractivity contribution in [3.8, 4) is 11.4 Å². The van der Waals surface area contributed by atoms with Crippen molar-refractivity contribution < 1.29 is 0 Å². The number of rotatable bonds is 2. The summed E-state index contributed by atoms with van der Waals surface area (Å²) in [5, 5.41) is 4.76. The van der Waals surface area contributed by atoms with Crippen molar-refractivity contribution in [2.75, 3.05) is 0 Å². The van der Waals surface area contributed by atoms with Crippen LogP contribution in [0.3, 0.4) is 0 Å². The van der Waals surface area contributed by atoms with E-state index in [0.717, 1.165) is 22.4 Å². The van der Waals surface area contributed by atoms with Gasteiger partial charge in [-0.1, -0.05) is 36.4 Å². The molecular formula is C29H20N4. The first-order chi connectivity index (χ1) is 16.3. The lowest BCUT2D eigenvalue weighted by atomic mass is 10.1. The van der Waals surface area contributed by atoms with Gasteiger partial charge in [-0.25, -0.2) is 0 Å². The van der Waals surface area contributed by atoms with E-state index in [1.54, 1.807) is 0 Å². The van der Waals surface area contributed by atoms with Gasteiger partial charge in [0.1, 0.15) is 0 Å². The molecule has 0 atom stereocenters. The zero-order valence-corrected chi connectivity index (χ0v) is 18.1. The van der Waals surface area contributed by atoms with Crippen LogP contribution in [0.1, 0.15) is 5.56 Å². The number of pyridine rings is 2. The van der Waals surface area contributed by atoms with Crippen LogP contribution in [0.5, 0.6) is 0 Å². The summed E-state index contributed by atoms with van der Waals surface area (Å²) >= 11 is 0. The normalized spacial score (nSPS) is 11.8. The van der Waals surface area contributed by atoms with Gasteiger partial charge in [-0.3, -0.25) is 9.97 Å². The molecule has 0 aliphatic heterocycles. The fraction of sp³-hybridized carbons (Fsp3) is 0.0345. The highest BCUT2D eigenvalue weighted by Gasteiger charge is 2.16. The predicted octanol–water partition coefficient (Wildman–Crippen LogP) is 6.98. The number of aryl methyl sites for hydroxylation is 1. The van der Waals surface area contributed by atoms with Gasteiger partial charge in [0, 0.05) is 57.7 Å². The molecule has 0 spiro atoms. The van der Waals surface area contributed by atoms with E-state index in [0.29, 0.717) is 0 Å². The summed E-state index contributed by atoms with van der Waals surface area (Å²) in [5.74, 6) is 0. The fourth-order valence-electron chi connectivity index (χ4n) is 5.19. The van der Waals surface area contributed by atoms with Gasteiger partial charge in [-0.15, -0.1) is 0 Å². The van der Waals surface area contributed by atoms with Gasteiger partial charge < -0.3 is 9.13 Å². The molecule has 0 saturated carbocycles. The van der Waals surface area contributed by atoms with E-state index in [-0.39, 0.29) is 0 Å². The first-order valence-electron chi connectivity index (χ1n) is 11.1. The number of fused-ring (bicyclic) bond motifs is 6. The summed E-state index contributed by atoms with van der Waals surface area (Å²) in [7, 11) is 0. The predicted molar refractivity (Wildman–Crippen MR) is 135 cm³/mol. The first-order valence-corrected chi connectivity index (χ1v) is 11.1. The minimum atomic E-state index is 1.14. The Bertz CT molecular complexity index is 1600. The fourth-order valence-corrected chi connectivity index (χ4v) is 5.19. The van der Waals surface area contributed by atoms with Gasteiger partial charge in [0.25, 0.3) is 0 Å². The maximum absolute atomic E-state index is 4.39. The molecule has 4 heterocycles. The maximum Gasteiger partial charge on any atom is 0.0571 e. The standard InChI is InChI=1S/C29H20N4/c1-19-14-20(32-26-8-4-2-6-22(26)24-17-30-12-10-28(24)32)16-21(15-19)33-27-9-5-3-7-23(27)25-18-31-13-11-29(25)33/h2-18H,1H3. The van der Waals surface area contributed by atoms with Crippen LogP contribution in [-0.4, -0.2) is 19.1 Å². The average Bonchev–Trinajstić information content (AvgIpc) is 3.37. The van der Waals surface area contributed by atoms with Crippen LogP contribution in [-0.2, 0) is 0 Å². The molecule has 0 aliphatic carbocycles. The number of para-hydroxylation sites is 2. The molecule has 4 aromatic heterocycles. The lowest BCUT2D eigenvalue weighted by Crippen LogP contribution is -2.00. The van der Waals surface area contributed by atoms with Gasteiger partial charge in [0.2, 0.25) is 0 Å². The van der Waals surface area contributed by atoms with Crippen molar-refractivity contribution in [1.29, 1.82) is 0 Å². The number of hydrogen-bond donors (Lipinski definition) is 0.